The number of methoxy groups -OCH3 is 1. The molecule has 92 valence electrons. The van der Waals surface area contributed by atoms with E-state index in [9.17, 15) is 4.79 Å². The summed E-state index contributed by atoms with van der Waals surface area (Å²) < 4.78 is 4.63. The van der Waals surface area contributed by atoms with Gasteiger partial charge in [0.1, 0.15) is 0 Å². The molecule has 1 aliphatic heterocycles. The van der Waals surface area contributed by atoms with Crippen LogP contribution < -0.4 is 0 Å². The summed E-state index contributed by atoms with van der Waals surface area (Å²) in [6.07, 6.45) is 5.16. The minimum atomic E-state index is -0.330. The van der Waals surface area contributed by atoms with E-state index in [1.807, 2.05) is 6.07 Å². The largest absolute Gasteiger partial charge is 0.465 e. The molecule has 0 unspecified atom stereocenters. The molecule has 4 nitrogen and oxygen atoms in total. The van der Waals surface area contributed by atoms with E-state index in [1.165, 1.54) is 33.0 Å². The summed E-state index contributed by atoms with van der Waals surface area (Å²) in [5.74, 6) is -0.330. The van der Waals surface area contributed by atoms with Crippen molar-refractivity contribution in [2.75, 3.05) is 26.7 Å². The van der Waals surface area contributed by atoms with Gasteiger partial charge >= 0.3 is 5.97 Å². The summed E-state index contributed by atoms with van der Waals surface area (Å²) in [5.41, 5.74) is 1.54. The molecule has 1 aromatic rings. The number of pyridine rings is 1. The highest BCUT2D eigenvalue weighted by Gasteiger charge is 2.11. The summed E-state index contributed by atoms with van der Waals surface area (Å²) in [7, 11) is 1.38. The summed E-state index contributed by atoms with van der Waals surface area (Å²) in [6.45, 7) is 3.48. The monoisotopic (exact) mass is 234 g/mol. The molecule has 0 aromatic carbocycles. The lowest BCUT2D eigenvalue weighted by Crippen LogP contribution is -2.22. The van der Waals surface area contributed by atoms with Crippen molar-refractivity contribution >= 4 is 5.97 Å². The lowest BCUT2D eigenvalue weighted by Gasteiger charge is -2.13. The van der Waals surface area contributed by atoms with Crippen molar-refractivity contribution in [3.05, 3.63) is 29.6 Å². The van der Waals surface area contributed by atoms with E-state index in [2.05, 4.69) is 14.6 Å². The van der Waals surface area contributed by atoms with Gasteiger partial charge in [0.25, 0.3) is 0 Å². The summed E-state index contributed by atoms with van der Waals surface area (Å²) in [4.78, 5) is 18.0. The normalized spacial score (nSPS) is 16.1. The van der Waals surface area contributed by atoms with Crippen LogP contribution in [0.2, 0.25) is 0 Å². The number of ether oxygens (including phenoxy) is 1. The van der Waals surface area contributed by atoms with Gasteiger partial charge < -0.3 is 9.64 Å². The van der Waals surface area contributed by atoms with Gasteiger partial charge in [-0.15, -0.1) is 0 Å². The maximum Gasteiger partial charge on any atom is 0.339 e. The zero-order chi connectivity index (χ0) is 12.1. The number of hydrogen-bond acceptors (Lipinski definition) is 4. The second-order valence-electron chi connectivity index (χ2n) is 4.33. The minimum Gasteiger partial charge on any atom is -0.465 e. The van der Waals surface area contributed by atoms with E-state index >= 15 is 0 Å². The van der Waals surface area contributed by atoms with E-state index in [4.69, 9.17) is 0 Å². The highest BCUT2D eigenvalue weighted by Crippen LogP contribution is 2.09. The molecule has 0 N–H and O–H groups in total. The molecular formula is C13H18N2O2. The highest BCUT2D eigenvalue weighted by atomic mass is 16.5. The Morgan fingerprint density at radius 2 is 2.18 bits per heavy atom. The molecule has 1 aromatic heterocycles. The number of aromatic nitrogens is 1. The number of carbonyl (C=O) groups is 1. The van der Waals surface area contributed by atoms with Crippen LogP contribution in [0.1, 0.15) is 28.9 Å². The van der Waals surface area contributed by atoms with Gasteiger partial charge in [-0.2, -0.15) is 0 Å². The SMILES string of the molecule is COC(=O)c1ccc(CCN2CCCC2)nc1. The van der Waals surface area contributed by atoms with Crippen molar-refractivity contribution in [1.82, 2.24) is 9.88 Å². The molecule has 0 atom stereocenters. The third kappa shape index (κ3) is 3.27. The first kappa shape index (κ1) is 12.0. The first-order chi connectivity index (χ1) is 8.29. The standard InChI is InChI=1S/C13H18N2O2/c1-17-13(16)11-4-5-12(14-10-11)6-9-15-7-2-3-8-15/h4-5,10H,2-3,6-9H2,1H3. The molecule has 2 rings (SSSR count). The van der Waals surface area contributed by atoms with Gasteiger partial charge in [-0.25, -0.2) is 4.79 Å². The third-order valence-electron chi connectivity index (χ3n) is 3.13. The maximum absolute atomic E-state index is 11.2. The molecule has 0 radical (unpaired) electrons. The molecule has 0 bridgehead atoms. The van der Waals surface area contributed by atoms with Crippen LogP contribution in [0.15, 0.2) is 18.3 Å². The van der Waals surface area contributed by atoms with Gasteiger partial charge in [0.15, 0.2) is 0 Å². The number of nitrogens with zero attached hydrogens (tertiary/aromatic N) is 2. The fourth-order valence-electron chi connectivity index (χ4n) is 2.09. The van der Waals surface area contributed by atoms with Crippen LogP contribution >= 0.6 is 0 Å². The smallest absolute Gasteiger partial charge is 0.339 e. The Hall–Kier alpha value is -1.42. The Morgan fingerprint density at radius 1 is 1.41 bits per heavy atom. The fourth-order valence-corrected chi connectivity index (χ4v) is 2.09. The maximum atomic E-state index is 11.2. The van der Waals surface area contributed by atoms with E-state index in [0.29, 0.717) is 5.56 Å². The van der Waals surface area contributed by atoms with Crippen molar-refractivity contribution in [3.8, 4) is 0 Å². The molecule has 0 aliphatic carbocycles. The molecule has 1 fully saturated rings. The van der Waals surface area contributed by atoms with Crippen molar-refractivity contribution in [3.63, 3.8) is 0 Å². The average Bonchev–Trinajstić information content (AvgIpc) is 2.89. The topological polar surface area (TPSA) is 42.4 Å². The summed E-state index contributed by atoms with van der Waals surface area (Å²) >= 11 is 0. The van der Waals surface area contributed by atoms with Crippen LogP contribution in [-0.2, 0) is 11.2 Å². The Bertz CT molecular complexity index is 370. The van der Waals surface area contributed by atoms with E-state index in [0.717, 1.165) is 18.7 Å². The van der Waals surface area contributed by atoms with Crippen LogP contribution in [0, 0.1) is 0 Å². The van der Waals surface area contributed by atoms with E-state index in [1.54, 1.807) is 12.3 Å². The molecule has 0 spiro atoms. The minimum absolute atomic E-state index is 0.330. The van der Waals surface area contributed by atoms with Gasteiger partial charge in [0.05, 0.1) is 12.7 Å². The van der Waals surface area contributed by atoms with Crippen molar-refractivity contribution < 1.29 is 9.53 Å². The summed E-state index contributed by atoms with van der Waals surface area (Å²) in [5, 5.41) is 0. The van der Waals surface area contributed by atoms with E-state index in [-0.39, 0.29) is 5.97 Å². The van der Waals surface area contributed by atoms with Crippen molar-refractivity contribution in [1.29, 1.82) is 0 Å². The third-order valence-corrected chi connectivity index (χ3v) is 3.13. The molecule has 0 amide bonds. The molecular weight excluding hydrogens is 216 g/mol. The molecule has 1 aliphatic rings. The van der Waals surface area contributed by atoms with Gasteiger partial charge in [-0.1, -0.05) is 0 Å². The summed E-state index contributed by atoms with van der Waals surface area (Å²) in [6, 6.07) is 3.68. The van der Waals surface area contributed by atoms with Gasteiger partial charge in [0.2, 0.25) is 0 Å². The lowest BCUT2D eigenvalue weighted by molar-refractivity contribution is 0.0600. The Labute approximate surface area is 102 Å². The first-order valence-electron chi connectivity index (χ1n) is 6.05. The van der Waals surface area contributed by atoms with Gasteiger partial charge in [0, 0.05) is 24.9 Å². The van der Waals surface area contributed by atoms with Crippen LogP contribution in [0.4, 0.5) is 0 Å². The molecule has 17 heavy (non-hydrogen) atoms. The number of hydrogen-bond donors (Lipinski definition) is 0. The second-order valence-corrected chi connectivity index (χ2v) is 4.33. The van der Waals surface area contributed by atoms with Crippen LogP contribution in [0.3, 0.4) is 0 Å². The molecule has 4 heteroatoms. The predicted octanol–water partition coefficient (Wildman–Crippen LogP) is 1.51. The predicted molar refractivity (Wildman–Crippen MR) is 65.0 cm³/mol. The average molecular weight is 234 g/mol. The van der Waals surface area contributed by atoms with Crippen LogP contribution in [0.25, 0.3) is 0 Å². The lowest BCUT2D eigenvalue weighted by atomic mass is 10.2. The van der Waals surface area contributed by atoms with Crippen LogP contribution in [-0.4, -0.2) is 42.6 Å². The zero-order valence-corrected chi connectivity index (χ0v) is 10.2. The quantitative estimate of drug-likeness (QED) is 0.741. The molecule has 1 saturated heterocycles. The second kappa shape index (κ2) is 5.77. The highest BCUT2D eigenvalue weighted by molar-refractivity contribution is 5.88. The zero-order valence-electron chi connectivity index (χ0n) is 10.2. The first-order valence-corrected chi connectivity index (χ1v) is 6.05. The number of esters is 1. The fraction of sp³-hybridized carbons (Fsp3) is 0.538. The number of rotatable bonds is 4. The molecule has 2 heterocycles. The Balaban J connectivity index is 1.87. The van der Waals surface area contributed by atoms with Crippen LogP contribution in [0.5, 0.6) is 0 Å². The van der Waals surface area contributed by atoms with E-state index < -0.39 is 0 Å². The van der Waals surface area contributed by atoms with Gasteiger partial charge in [-0.05, 0) is 38.1 Å². The Kier molecular flexibility index (Phi) is 4.09. The number of carbonyl (C=O) groups excluding carboxylic acids is 1. The van der Waals surface area contributed by atoms with Gasteiger partial charge in [-0.3, -0.25) is 4.98 Å². The van der Waals surface area contributed by atoms with Crippen molar-refractivity contribution in [2.24, 2.45) is 0 Å². The number of likely N-dealkylation sites (tertiary alicyclic amines) is 1. The molecule has 0 saturated carbocycles. The Morgan fingerprint density at radius 3 is 2.76 bits per heavy atom. The van der Waals surface area contributed by atoms with Crippen molar-refractivity contribution in [2.45, 2.75) is 19.3 Å².